The molecule has 0 aromatic heterocycles. The Bertz CT molecular complexity index is 424. The molecule has 4 nitrogen and oxygen atoms in total. The summed E-state index contributed by atoms with van der Waals surface area (Å²) in [7, 11) is 1.62. The fourth-order valence-electron chi connectivity index (χ4n) is 2.22. The minimum Gasteiger partial charge on any atom is -0.497 e. The van der Waals surface area contributed by atoms with Crippen molar-refractivity contribution in [3.8, 4) is 5.75 Å². The Hall–Kier alpha value is -1.55. The zero-order valence-corrected chi connectivity index (χ0v) is 10.5. The maximum absolute atomic E-state index is 10.8. The standard InChI is InChI=1S/C14H18O4/c1-17-12-5-2-4-11(8-12)10-18-14(6-3-7-14)9-13(15)16/h2,4-5,8H,3,6-7,9-10H2,1H3,(H,15,16). The number of methoxy groups -OCH3 is 1. The summed E-state index contributed by atoms with van der Waals surface area (Å²) in [4.78, 5) is 10.8. The highest BCUT2D eigenvalue weighted by atomic mass is 16.5. The van der Waals surface area contributed by atoms with Crippen molar-refractivity contribution in [1.82, 2.24) is 0 Å². The van der Waals surface area contributed by atoms with Crippen LogP contribution < -0.4 is 4.74 Å². The first kappa shape index (κ1) is 12.9. The van der Waals surface area contributed by atoms with Crippen molar-refractivity contribution in [2.24, 2.45) is 0 Å². The maximum Gasteiger partial charge on any atom is 0.306 e. The van der Waals surface area contributed by atoms with Crippen molar-refractivity contribution >= 4 is 5.97 Å². The number of rotatable bonds is 6. The number of benzene rings is 1. The number of hydrogen-bond donors (Lipinski definition) is 1. The fraction of sp³-hybridized carbons (Fsp3) is 0.500. The molecule has 0 aliphatic heterocycles. The van der Waals surface area contributed by atoms with Crippen LogP contribution in [0.4, 0.5) is 0 Å². The average molecular weight is 250 g/mol. The summed E-state index contributed by atoms with van der Waals surface area (Å²) in [6, 6.07) is 7.64. The van der Waals surface area contributed by atoms with Gasteiger partial charge in [-0.15, -0.1) is 0 Å². The van der Waals surface area contributed by atoms with Gasteiger partial charge in [0.05, 0.1) is 25.7 Å². The van der Waals surface area contributed by atoms with Crippen LogP contribution in [-0.2, 0) is 16.1 Å². The van der Waals surface area contributed by atoms with Gasteiger partial charge in [-0.1, -0.05) is 12.1 Å². The van der Waals surface area contributed by atoms with Crippen LogP contribution in [0.3, 0.4) is 0 Å². The van der Waals surface area contributed by atoms with Gasteiger partial charge in [-0.05, 0) is 37.0 Å². The van der Waals surface area contributed by atoms with Crippen LogP contribution in [0.1, 0.15) is 31.2 Å². The van der Waals surface area contributed by atoms with Gasteiger partial charge in [0.15, 0.2) is 0 Å². The molecular weight excluding hydrogens is 232 g/mol. The molecule has 1 aliphatic carbocycles. The first-order valence-corrected chi connectivity index (χ1v) is 6.12. The molecule has 0 saturated heterocycles. The van der Waals surface area contributed by atoms with E-state index in [4.69, 9.17) is 14.6 Å². The number of hydrogen-bond acceptors (Lipinski definition) is 3. The molecule has 0 heterocycles. The van der Waals surface area contributed by atoms with E-state index >= 15 is 0 Å². The smallest absolute Gasteiger partial charge is 0.306 e. The number of ether oxygens (including phenoxy) is 2. The van der Waals surface area contributed by atoms with Gasteiger partial charge >= 0.3 is 5.97 Å². The average Bonchev–Trinajstić information content (AvgIpc) is 2.32. The van der Waals surface area contributed by atoms with Crippen molar-refractivity contribution in [3.63, 3.8) is 0 Å². The minimum absolute atomic E-state index is 0.0942. The molecule has 1 aliphatic rings. The first-order chi connectivity index (χ1) is 8.63. The van der Waals surface area contributed by atoms with E-state index in [2.05, 4.69) is 0 Å². The van der Waals surface area contributed by atoms with Crippen LogP contribution in [-0.4, -0.2) is 23.8 Å². The largest absolute Gasteiger partial charge is 0.497 e. The highest BCUT2D eigenvalue weighted by Gasteiger charge is 2.40. The number of carboxylic acid groups (broad SMARTS) is 1. The zero-order valence-electron chi connectivity index (χ0n) is 10.5. The molecule has 0 spiro atoms. The molecule has 18 heavy (non-hydrogen) atoms. The summed E-state index contributed by atoms with van der Waals surface area (Å²) < 4.78 is 11.0. The normalized spacial score (nSPS) is 16.9. The van der Waals surface area contributed by atoms with Gasteiger partial charge < -0.3 is 14.6 Å². The lowest BCUT2D eigenvalue weighted by Gasteiger charge is -2.40. The highest BCUT2D eigenvalue weighted by molar-refractivity contribution is 5.68. The van der Waals surface area contributed by atoms with Crippen molar-refractivity contribution in [2.45, 2.75) is 37.9 Å². The van der Waals surface area contributed by atoms with Crippen LogP contribution in [0, 0.1) is 0 Å². The van der Waals surface area contributed by atoms with E-state index in [1.165, 1.54) is 0 Å². The lowest BCUT2D eigenvalue weighted by molar-refractivity contribution is -0.156. The summed E-state index contributed by atoms with van der Waals surface area (Å²) in [6.07, 6.45) is 2.81. The number of carbonyl (C=O) groups is 1. The van der Waals surface area contributed by atoms with E-state index in [0.717, 1.165) is 30.6 Å². The van der Waals surface area contributed by atoms with E-state index in [1.807, 2.05) is 24.3 Å². The van der Waals surface area contributed by atoms with Gasteiger partial charge in [0.25, 0.3) is 0 Å². The van der Waals surface area contributed by atoms with Gasteiger partial charge in [-0.3, -0.25) is 4.79 Å². The van der Waals surface area contributed by atoms with Gasteiger partial charge in [0.1, 0.15) is 5.75 Å². The van der Waals surface area contributed by atoms with E-state index in [9.17, 15) is 4.79 Å². The highest BCUT2D eigenvalue weighted by Crippen LogP contribution is 2.39. The zero-order chi connectivity index (χ0) is 13.0. The Morgan fingerprint density at radius 1 is 1.44 bits per heavy atom. The monoisotopic (exact) mass is 250 g/mol. The van der Waals surface area contributed by atoms with E-state index in [-0.39, 0.29) is 6.42 Å². The molecule has 0 amide bonds. The molecule has 4 heteroatoms. The van der Waals surface area contributed by atoms with Gasteiger partial charge in [0.2, 0.25) is 0 Å². The predicted molar refractivity (Wildman–Crippen MR) is 66.6 cm³/mol. The second-order valence-corrected chi connectivity index (χ2v) is 4.75. The number of aliphatic carboxylic acids is 1. The third-order valence-corrected chi connectivity index (χ3v) is 3.42. The summed E-state index contributed by atoms with van der Waals surface area (Å²) >= 11 is 0. The van der Waals surface area contributed by atoms with Crippen molar-refractivity contribution in [1.29, 1.82) is 0 Å². The number of carboxylic acids is 1. The van der Waals surface area contributed by atoms with E-state index < -0.39 is 11.6 Å². The predicted octanol–water partition coefficient (Wildman–Crippen LogP) is 2.61. The molecular formula is C14H18O4. The van der Waals surface area contributed by atoms with Crippen molar-refractivity contribution < 1.29 is 19.4 Å². The van der Waals surface area contributed by atoms with Gasteiger partial charge in [-0.25, -0.2) is 0 Å². The summed E-state index contributed by atoms with van der Waals surface area (Å²) in [5.41, 5.74) is 0.556. The Morgan fingerprint density at radius 3 is 2.78 bits per heavy atom. The summed E-state index contributed by atoms with van der Waals surface area (Å²) in [5, 5.41) is 8.89. The lowest BCUT2D eigenvalue weighted by atomic mass is 9.77. The second kappa shape index (κ2) is 5.40. The third-order valence-electron chi connectivity index (χ3n) is 3.42. The quantitative estimate of drug-likeness (QED) is 0.843. The van der Waals surface area contributed by atoms with Crippen LogP contribution >= 0.6 is 0 Å². The first-order valence-electron chi connectivity index (χ1n) is 6.12. The van der Waals surface area contributed by atoms with Crippen LogP contribution in [0.15, 0.2) is 24.3 Å². The topological polar surface area (TPSA) is 55.8 Å². The molecule has 0 unspecified atom stereocenters. The Kier molecular flexibility index (Phi) is 3.87. The molecule has 1 saturated carbocycles. The Labute approximate surface area is 107 Å². The lowest BCUT2D eigenvalue weighted by Crippen LogP contribution is -2.42. The molecule has 0 radical (unpaired) electrons. The van der Waals surface area contributed by atoms with Crippen LogP contribution in [0.5, 0.6) is 5.75 Å². The van der Waals surface area contributed by atoms with Crippen LogP contribution in [0.25, 0.3) is 0 Å². The van der Waals surface area contributed by atoms with Gasteiger partial charge in [0, 0.05) is 0 Å². The Morgan fingerprint density at radius 2 is 2.22 bits per heavy atom. The van der Waals surface area contributed by atoms with Crippen LogP contribution in [0.2, 0.25) is 0 Å². The molecule has 1 aromatic carbocycles. The molecule has 1 N–H and O–H groups in total. The molecule has 1 aromatic rings. The molecule has 98 valence electrons. The third kappa shape index (κ3) is 3.01. The fourth-order valence-corrected chi connectivity index (χ4v) is 2.22. The molecule has 0 bridgehead atoms. The summed E-state index contributed by atoms with van der Waals surface area (Å²) in [5.74, 6) is -0.00247. The van der Waals surface area contributed by atoms with Crippen molar-refractivity contribution in [3.05, 3.63) is 29.8 Å². The van der Waals surface area contributed by atoms with E-state index in [1.54, 1.807) is 7.11 Å². The SMILES string of the molecule is COc1cccc(COC2(CC(=O)O)CCC2)c1. The summed E-state index contributed by atoms with van der Waals surface area (Å²) in [6.45, 7) is 0.435. The van der Waals surface area contributed by atoms with Gasteiger partial charge in [-0.2, -0.15) is 0 Å². The molecule has 0 atom stereocenters. The van der Waals surface area contributed by atoms with Crippen molar-refractivity contribution in [2.75, 3.05) is 7.11 Å². The van der Waals surface area contributed by atoms with E-state index in [0.29, 0.717) is 6.61 Å². The maximum atomic E-state index is 10.8. The molecule has 2 rings (SSSR count). The minimum atomic E-state index is -0.791. The molecule has 1 fully saturated rings. The second-order valence-electron chi connectivity index (χ2n) is 4.75. The Balaban J connectivity index is 1.95.